The Morgan fingerprint density at radius 1 is 0.794 bits per heavy atom. The van der Waals surface area contributed by atoms with E-state index in [2.05, 4.69) is 94.8 Å². The summed E-state index contributed by atoms with van der Waals surface area (Å²) in [6.45, 7) is 6.18. The number of hydrogen-bond donors (Lipinski definition) is 1. The Balaban J connectivity index is 1.22. The molecule has 1 saturated heterocycles. The lowest BCUT2D eigenvalue weighted by Crippen LogP contribution is -2.48. The van der Waals surface area contributed by atoms with Gasteiger partial charge < -0.3 is 14.4 Å². The lowest BCUT2D eigenvalue weighted by atomic mass is 10.2. The summed E-state index contributed by atoms with van der Waals surface area (Å²) in [7, 11) is 1.70. The molecule has 5 rings (SSSR count). The van der Waals surface area contributed by atoms with Crippen molar-refractivity contribution in [2.75, 3.05) is 39.8 Å². The van der Waals surface area contributed by atoms with Crippen LogP contribution in [-0.2, 0) is 13.1 Å². The van der Waals surface area contributed by atoms with E-state index in [0.29, 0.717) is 13.1 Å². The van der Waals surface area contributed by atoms with Crippen molar-refractivity contribution >= 4 is 53.7 Å². The molecular formula is C27H29Br2N3O2. The summed E-state index contributed by atoms with van der Waals surface area (Å²) in [6.07, 6.45) is -0.431. The molecule has 34 heavy (non-hydrogen) atoms. The van der Waals surface area contributed by atoms with Crippen LogP contribution in [-0.4, -0.2) is 65.4 Å². The van der Waals surface area contributed by atoms with Gasteiger partial charge in [0.05, 0.1) is 19.8 Å². The number of nitrogens with zero attached hydrogens (tertiary/aromatic N) is 3. The second-order valence-corrected chi connectivity index (χ2v) is 10.8. The molecule has 4 aromatic rings. The smallest absolute Gasteiger partial charge is 0.118 e. The highest BCUT2D eigenvalue weighted by Gasteiger charge is 2.21. The van der Waals surface area contributed by atoms with E-state index in [1.165, 1.54) is 16.3 Å². The monoisotopic (exact) mass is 585 g/mol. The molecule has 0 radical (unpaired) electrons. The van der Waals surface area contributed by atoms with Crippen molar-refractivity contribution < 1.29 is 9.84 Å². The van der Waals surface area contributed by atoms with Gasteiger partial charge in [-0.2, -0.15) is 0 Å². The van der Waals surface area contributed by atoms with Crippen LogP contribution in [0.15, 0.2) is 69.6 Å². The van der Waals surface area contributed by atoms with Crippen LogP contribution in [0.25, 0.3) is 21.8 Å². The zero-order valence-electron chi connectivity index (χ0n) is 19.3. The number of benzene rings is 3. The average Bonchev–Trinajstić information content (AvgIpc) is 3.12. The maximum atomic E-state index is 11.0. The van der Waals surface area contributed by atoms with Gasteiger partial charge in [-0.15, -0.1) is 0 Å². The Morgan fingerprint density at radius 2 is 1.35 bits per heavy atom. The maximum Gasteiger partial charge on any atom is 0.118 e. The fraction of sp³-hybridized carbons (Fsp3) is 0.333. The van der Waals surface area contributed by atoms with Crippen LogP contribution in [0.2, 0.25) is 0 Å². The summed E-state index contributed by atoms with van der Waals surface area (Å²) in [5, 5.41) is 13.4. The molecule has 0 saturated carbocycles. The van der Waals surface area contributed by atoms with Gasteiger partial charge in [0.25, 0.3) is 0 Å². The van der Waals surface area contributed by atoms with E-state index < -0.39 is 6.10 Å². The summed E-state index contributed by atoms with van der Waals surface area (Å²) in [5.74, 6) is 0.895. The Hall–Kier alpha value is -1.90. The number of fused-ring (bicyclic) bond motifs is 3. The quantitative estimate of drug-likeness (QED) is 0.310. The molecule has 178 valence electrons. The molecule has 0 aliphatic carbocycles. The first-order valence-electron chi connectivity index (χ1n) is 11.6. The van der Waals surface area contributed by atoms with Gasteiger partial charge in [0, 0.05) is 70.0 Å². The van der Waals surface area contributed by atoms with Gasteiger partial charge in [-0.25, -0.2) is 0 Å². The van der Waals surface area contributed by atoms with Crippen LogP contribution in [0.3, 0.4) is 0 Å². The Kier molecular flexibility index (Phi) is 7.27. The van der Waals surface area contributed by atoms with Gasteiger partial charge in [-0.3, -0.25) is 9.80 Å². The second-order valence-electron chi connectivity index (χ2n) is 9.01. The Bertz CT molecular complexity index is 1220. The Morgan fingerprint density at radius 3 is 1.91 bits per heavy atom. The van der Waals surface area contributed by atoms with Gasteiger partial charge in [-0.05, 0) is 54.1 Å². The van der Waals surface area contributed by atoms with Crippen LogP contribution >= 0.6 is 31.9 Å². The van der Waals surface area contributed by atoms with E-state index in [-0.39, 0.29) is 0 Å². The number of hydrogen-bond acceptors (Lipinski definition) is 4. The highest BCUT2D eigenvalue weighted by Crippen LogP contribution is 2.33. The molecule has 1 aliphatic rings. The largest absolute Gasteiger partial charge is 0.497 e. The molecule has 5 nitrogen and oxygen atoms in total. The van der Waals surface area contributed by atoms with Crippen molar-refractivity contribution in [1.82, 2.24) is 14.4 Å². The van der Waals surface area contributed by atoms with E-state index >= 15 is 0 Å². The van der Waals surface area contributed by atoms with Crippen molar-refractivity contribution in [2.45, 2.75) is 19.2 Å². The standard InChI is InChI=1S/C27H29Br2N3O2/c1-34-23-6-2-19(3-7-23)16-30-10-12-31(13-11-30)17-22(33)18-32-26-8-4-20(28)14-24(26)25-15-21(29)5-9-27(25)32/h2-9,14-15,22,33H,10-13,16-18H2,1H3/t22-/m0/s1. The van der Waals surface area contributed by atoms with Crippen LogP contribution in [0.4, 0.5) is 0 Å². The van der Waals surface area contributed by atoms with E-state index in [9.17, 15) is 5.11 Å². The SMILES string of the molecule is COc1ccc(CN2CCN(C[C@H](O)Cn3c4ccc(Br)cc4c4cc(Br)ccc43)CC2)cc1. The fourth-order valence-electron chi connectivity index (χ4n) is 4.93. The summed E-state index contributed by atoms with van der Waals surface area (Å²) in [6, 6.07) is 21.1. The van der Waals surface area contributed by atoms with Gasteiger partial charge >= 0.3 is 0 Å². The van der Waals surface area contributed by atoms with E-state index in [0.717, 1.165) is 58.5 Å². The first-order valence-corrected chi connectivity index (χ1v) is 13.2. The summed E-state index contributed by atoms with van der Waals surface area (Å²) in [5.41, 5.74) is 3.61. The molecule has 1 fully saturated rings. The molecule has 0 amide bonds. The van der Waals surface area contributed by atoms with E-state index in [1.54, 1.807) is 7.11 Å². The molecule has 0 spiro atoms. The molecule has 0 unspecified atom stereocenters. The lowest BCUT2D eigenvalue weighted by Gasteiger charge is -2.35. The van der Waals surface area contributed by atoms with Crippen molar-refractivity contribution in [3.8, 4) is 5.75 Å². The average molecular weight is 587 g/mol. The fourth-order valence-corrected chi connectivity index (χ4v) is 5.65. The normalized spacial score (nSPS) is 16.4. The van der Waals surface area contributed by atoms with Gasteiger partial charge in [0.1, 0.15) is 5.75 Å². The number of rotatable bonds is 7. The molecule has 1 aliphatic heterocycles. The minimum absolute atomic E-state index is 0.431. The highest BCUT2D eigenvalue weighted by molar-refractivity contribution is 9.10. The molecule has 7 heteroatoms. The number of aliphatic hydroxyl groups is 1. The maximum absolute atomic E-state index is 11.0. The second kappa shape index (κ2) is 10.4. The molecule has 1 atom stereocenters. The summed E-state index contributed by atoms with van der Waals surface area (Å²) >= 11 is 7.22. The summed E-state index contributed by atoms with van der Waals surface area (Å²) in [4.78, 5) is 4.86. The molecule has 1 N–H and O–H groups in total. The minimum Gasteiger partial charge on any atom is -0.497 e. The number of β-amino-alcohol motifs (C(OH)–C–C–N with tert-alkyl or cyclic N) is 1. The summed E-state index contributed by atoms with van der Waals surface area (Å²) < 4.78 is 9.64. The molecule has 0 bridgehead atoms. The van der Waals surface area contributed by atoms with Crippen LogP contribution in [0.1, 0.15) is 5.56 Å². The van der Waals surface area contributed by atoms with Crippen molar-refractivity contribution in [3.63, 3.8) is 0 Å². The molecule has 1 aromatic heterocycles. The number of halogens is 2. The molecular weight excluding hydrogens is 558 g/mol. The first kappa shape index (κ1) is 23.8. The lowest BCUT2D eigenvalue weighted by molar-refractivity contribution is 0.0634. The van der Waals surface area contributed by atoms with Crippen LogP contribution in [0, 0.1) is 0 Å². The number of methoxy groups -OCH3 is 1. The highest BCUT2D eigenvalue weighted by atomic mass is 79.9. The topological polar surface area (TPSA) is 40.9 Å². The van der Waals surface area contributed by atoms with Gasteiger partial charge in [0.2, 0.25) is 0 Å². The zero-order chi connectivity index (χ0) is 23.7. The van der Waals surface area contributed by atoms with E-state index in [1.807, 2.05) is 12.1 Å². The first-order chi connectivity index (χ1) is 16.5. The number of aromatic nitrogens is 1. The predicted octanol–water partition coefficient (Wildman–Crippen LogP) is 5.51. The third kappa shape index (κ3) is 5.19. The Labute approximate surface area is 217 Å². The van der Waals surface area contributed by atoms with Crippen LogP contribution in [0.5, 0.6) is 5.75 Å². The number of aliphatic hydroxyl groups excluding tert-OH is 1. The number of ether oxygens (including phenoxy) is 1. The van der Waals surface area contributed by atoms with Crippen molar-refractivity contribution in [1.29, 1.82) is 0 Å². The van der Waals surface area contributed by atoms with Crippen LogP contribution < -0.4 is 4.74 Å². The van der Waals surface area contributed by atoms with Gasteiger partial charge in [-0.1, -0.05) is 44.0 Å². The third-order valence-corrected chi connectivity index (χ3v) is 7.67. The van der Waals surface area contributed by atoms with Crippen molar-refractivity contribution in [2.24, 2.45) is 0 Å². The van der Waals surface area contributed by atoms with Gasteiger partial charge in [0.15, 0.2) is 0 Å². The van der Waals surface area contributed by atoms with E-state index in [4.69, 9.17) is 4.74 Å². The predicted molar refractivity (Wildman–Crippen MR) is 146 cm³/mol. The minimum atomic E-state index is -0.431. The third-order valence-electron chi connectivity index (χ3n) is 6.68. The zero-order valence-corrected chi connectivity index (χ0v) is 22.4. The van der Waals surface area contributed by atoms with Crippen molar-refractivity contribution in [3.05, 3.63) is 75.2 Å². The molecule has 2 heterocycles. The molecule has 3 aromatic carbocycles. The number of piperazine rings is 1.